The molecule has 0 bridgehead atoms. The number of likely N-dealkylation sites (N-methyl/N-ethyl adjacent to an activating group) is 2. The highest BCUT2D eigenvalue weighted by molar-refractivity contribution is 9.10. The number of nitro benzene ring substituents is 1. The van der Waals surface area contributed by atoms with Crippen LogP contribution in [0, 0.1) is 10.1 Å². The molecule has 0 spiro atoms. The smallest absolute Gasteiger partial charge is 0.269 e. The predicted molar refractivity (Wildman–Crippen MR) is 97.0 cm³/mol. The van der Waals surface area contributed by atoms with Crippen molar-refractivity contribution in [3.63, 3.8) is 0 Å². The van der Waals surface area contributed by atoms with Crippen molar-refractivity contribution in [1.82, 2.24) is 4.90 Å². The first-order valence-electron chi connectivity index (χ1n) is 7.31. The number of hydrogen-bond donors (Lipinski definition) is 0. The summed E-state index contributed by atoms with van der Waals surface area (Å²) >= 11 is 3.50. The maximum absolute atomic E-state index is 12.4. The molecule has 6 nitrogen and oxygen atoms in total. The summed E-state index contributed by atoms with van der Waals surface area (Å²) in [6, 6.07) is 13.8. The lowest BCUT2D eigenvalue weighted by molar-refractivity contribution is -0.384. The molecule has 0 N–H and O–H groups in total. The van der Waals surface area contributed by atoms with E-state index in [0.717, 1.165) is 10.0 Å². The summed E-state index contributed by atoms with van der Waals surface area (Å²) in [6.45, 7) is 0.885. The topological polar surface area (TPSA) is 66.7 Å². The zero-order chi connectivity index (χ0) is 17.7. The fraction of sp³-hybridized carbons (Fsp3) is 0.235. The van der Waals surface area contributed by atoms with Gasteiger partial charge >= 0.3 is 0 Å². The Morgan fingerprint density at radius 1 is 1.12 bits per heavy atom. The zero-order valence-electron chi connectivity index (χ0n) is 13.5. The van der Waals surface area contributed by atoms with Crippen LogP contribution in [-0.2, 0) is 11.3 Å². The Balaban J connectivity index is 1.98. The number of amides is 1. The molecule has 24 heavy (non-hydrogen) atoms. The molecular weight excluding hydrogens is 374 g/mol. The number of rotatable bonds is 6. The molecular formula is C17H18BrN3O3. The molecule has 0 aliphatic carbocycles. The lowest BCUT2D eigenvalue weighted by Gasteiger charge is -2.22. The van der Waals surface area contributed by atoms with Crippen LogP contribution in [0.25, 0.3) is 0 Å². The van der Waals surface area contributed by atoms with Crippen LogP contribution in [0.15, 0.2) is 53.0 Å². The minimum absolute atomic E-state index is 0.00523. The Bertz CT molecular complexity index is 734. The van der Waals surface area contributed by atoms with E-state index in [1.807, 2.05) is 36.2 Å². The summed E-state index contributed by atoms with van der Waals surface area (Å²) < 4.78 is 1.01. The van der Waals surface area contributed by atoms with E-state index in [-0.39, 0.29) is 18.1 Å². The van der Waals surface area contributed by atoms with Gasteiger partial charge < -0.3 is 4.90 Å². The largest absolute Gasteiger partial charge is 0.314 e. The second-order valence-corrected chi connectivity index (χ2v) is 6.34. The second-order valence-electron chi connectivity index (χ2n) is 5.49. The van der Waals surface area contributed by atoms with Crippen LogP contribution >= 0.6 is 15.9 Å². The third-order valence-electron chi connectivity index (χ3n) is 3.63. The first-order valence-corrected chi connectivity index (χ1v) is 8.10. The van der Waals surface area contributed by atoms with Gasteiger partial charge in [0.2, 0.25) is 5.91 Å². The lowest BCUT2D eigenvalue weighted by atomic mass is 10.2. The number of carbonyl (C=O) groups is 1. The maximum atomic E-state index is 12.4. The number of nitro groups is 1. The fourth-order valence-electron chi connectivity index (χ4n) is 2.25. The Labute approximate surface area is 149 Å². The van der Waals surface area contributed by atoms with Crippen LogP contribution in [0.4, 0.5) is 11.4 Å². The van der Waals surface area contributed by atoms with Gasteiger partial charge in [0.15, 0.2) is 0 Å². The highest BCUT2D eigenvalue weighted by Crippen LogP contribution is 2.19. The lowest BCUT2D eigenvalue weighted by Crippen LogP contribution is -2.36. The standard InChI is InChI=1S/C17H18BrN3O3/c1-19(11-13-5-3-4-6-16(13)18)12-17(22)20(2)14-7-9-15(10-8-14)21(23)24/h3-10H,11-12H2,1-2H3. The van der Waals surface area contributed by atoms with Crippen LogP contribution in [0.3, 0.4) is 0 Å². The van der Waals surface area contributed by atoms with Crippen LogP contribution in [0.5, 0.6) is 0 Å². The van der Waals surface area contributed by atoms with E-state index in [0.29, 0.717) is 12.2 Å². The number of anilines is 1. The van der Waals surface area contributed by atoms with Gasteiger partial charge in [-0.05, 0) is 30.8 Å². The van der Waals surface area contributed by atoms with Crippen molar-refractivity contribution in [1.29, 1.82) is 0 Å². The van der Waals surface area contributed by atoms with E-state index >= 15 is 0 Å². The van der Waals surface area contributed by atoms with Crippen molar-refractivity contribution in [3.05, 3.63) is 68.7 Å². The summed E-state index contributed by atoms with van der Waals surface area (Å²) in [6.07, 6.45) is 0. The number of benzene rings is 2. The quantitative estimate of drug-likeness (QED) is 0.558. The Hall–Kier alpha value is -2.25. The minimum atomic E-state index is -0.461. The molecule has 7 heteroatoms. The van der Waals surface area contributed by atoms with Crippen LogP contribution < -0.4 is 4.90 Å². The van der Waals surface area contributed by atoms with Crippen LogP contribution in [-0.4, -0.2) is 36.4 Å². The summed E-state index contributed by atoms with van der Waals surface area (Å²) in [5.74, 6) is -0.0848. The average Bonchev–Trinajstić information content (AvgIpc) is 2.56. The number of halogens is 1. The van der Waals surface area contributed by atoms with Crippen molar-refractivity contribution < 1.29 is 9.72 Å². The van der Waals surface area contributed by atoms with Crippen molar-refractivity contribution in [3.8, 4) is 0 Å². The zero-order valence-corrected chi connectivity index (χ0v) is 15.1. The van der Waals surface area contributed by atoms with Crippen molar-refractivity contribution in [2.24, 2.45) is 0 Å². The molecule has 2 aromatic rings. The summed E-state index contributed by atoms with van der Waals surface area (Å²) in [4.78, 5) is 26.0. The van der Waals surface area contributed by atoms with Crippen molar-refractivity contribution in [2.45, 2.75) is 6.54 Å². The van der Waals surface area contributed by atoms with E-state index in [9.17, 15) is 14.9 Å². The van der Waals surface area contributed by atoms with Gasteiger partial charge in [0.1, 0.15) is 0 Å². The van der Waals surface area contributed by atoms with Gasteiger partial charge in [-0.2, -0.15) is 0 Å². The van der Waals surface area contributed by atoms with E-state index in [4.69, 9.17) is 0 Å². The third kappa shape index (κ3) is 4.62. The molecule has 0 aromatic heterocycles. The van der Waals surface area contributed by atoms with Crippen molar-refractivity contribution in [2.75, 3.05) is 25.5 Å². The molecule has 0 atom stereocenters. The summed E-state index contributed by atoms with van der Waals surface area (Å²) in [7, 11) is 3.54. The highest BCUT2D eigenvalue weighted by Gasteiger charge is 2.15. The molecule has 0 radical (unpaired) electrons. The van der Waals surface area contributed by atoms with Gasteiger partial charge in [-0.1, -0.05) is 34.1 Å². The average molecular weight is 392 g/mol. The first kappa shape index (κ1) is 18.1. The monoisotopic (exact) mass is 391 g/mol. The van der Waals surface area contributed by atoms with Gasteiger partial charge in [0.05, 0.1) is 11.5 Å². The van der Waals surface area contributed by atoms with Crippen LogP contribution in [0.2, 0.25) is 0 Å². The molecule has 0 saturated heterocycles. The molecule has 1 amide bonds. The molecule has 0 saturated carbocycles. The van der Waals surface area contributed by atoms with Crippen LogP contribution in [0.1, 0.15) is 5.56 Å². The second kappa shape index (κ2) is 8.03. The third-order valence-corrected chi connectivity index (χ3v) is 4.40. The van der Waals surface area contributed by atoms with E-state index < -0.39 is 4.92 Å². The minimum Gasteiger partial charge on any atom is -0.314 e. The first-order chi connectivity index (χ1) is 11.4. The van der Waals surface area contributed by atoms with Gasteiger partial charge in [-0.25, -0.2) is 0 Å². The SMILES string of the molecule is CN(CC(=O)N(C)c1ccc([N+](=O)[O-])cc1)Cc1ccccc1Br. The fourth-order valence-corrected chi connectivity index (χ4v) is 2.66. The molecule has 0 unspecified atom stereocenters. The van der Waals surface area contributed by atoms with Gasteiger partial charge in [-0.3, -0.25) is 19.8 Å². The maximum Gasteiger partial charge on any atom is 0.269 e. The van der Waals surface area contributed by atoms with E-state index in [1.54, 1.807) is 19.2 Å². The molecule has 2 aromatic carbocycles. The molecule has 0 fully saturated rings. The van der Waals surface area contributed by atoms with E-state index in [1.165, 1.54) is 17.0 Å². The Kier molecular flexibility index (Phi) is 6.05. The number of carbonyl (C=O) groups excluding carboxylic acids is 1. The molecule has 0 aliphatic heterocycles. The normalized spacial score (nSPS) is 10.7. The number of nitrogens with zero attached hydrogens (tertiary/aromatic N) is 3. The predicted octanol–water partition coefficient (Wildman–Crippen LogP) is 3.45. The molecule has 0 heterocycles. The highest BCUT2D eigenvalue weighted by atomic mass is 79.9. The number of hydrogen-bond acceptors (Lipinski definition) is 4. The van der Waals surface area contributed by atoms with E-state index in [2.05, 4.69) is 15.9 Å². The molecule has 0 aliphatic rings. The van der Waals surface area contributed by atoms with Gasteiger partial charge in [0.25, 0.3) is 5.69 Å². The van der Waals surface area contributed by atoms with Crippen molar-refractivity contribution >= 4 is 33.2 Å². The van der Waals surface area contributed by atoms with Gasteiger partial charge in [0, 0.05) is 35.9 Å². The van der Waals surface area contributed by atoms with Gasteiger partial charge in [-0.15, -0.1) is 0 Å². The molecule has 2 rings (SSSR count). The Morgan fingerprint density at radius 2 is 1.75 bits per heavy atom. The molecule has 126 valence electrons. The Morgan fingerprint density at radius 3 is 2.33 bits per heavy atom. The summed E-state index contributed by atoms with van der Waals surface area (Å²) in [5.41, 5.74) is 1.73. The summed E-state index contributed by atoms with van der Waals surface area (Å²) in [5, 5.41) is 10.7. The number of non-ortho nitro benzene ring substituents is 1.